The molecule has 5 nitrogen and oxygen atoms in total. The molecule has 0 aromatic rings. The number of hydrogen-bond donors (Lipinski definition) is 3. The van der Waals surface area contributed by atoms with Crippen molar-refractivity contribution >= 4 is 5.97 Å². The first-order valence-electron chi connectivity index (χ1n) is 14.1. The monoisotopic (exact) mass is 488 g/mol. The number of carbonyl (C=O) groups is 1. The van der Waals surface area contributed by atoms with Crippen molar-refractivity contribution < 1.29 is 24.9 Å². The Bertz CT molecular complexity index is 910. The van der Waals surface area contributed by atoms with Crippen LogP contribution in [0.4, 0.5) is 0 Å². The third-order valence-corrected chi connectivity index (χ3v) is 12.6. The number of hydrogen-bond acceptors (Lipinski definition) is 4. The summed E-state index contributed by atoms with van der Waals surface area (Å²) in [7, 11) is 0. The molecule has 0 aromatic carbocycles. The normalized spacial score (nSPS) is 51.7. The summed E-state index contributed by atoms with van der Waals surface area (Å²) >= 11 is 0. The first kappa shape index (κ1) is 25.7. The van der Waals surface area contributed by atoms with Gasteiger partial charge in [-0.3, -0.25) is 4.79 Å². The molecule has 3 N–H and O–H groups in total. The van der Waals surface area contributed by atoms with Crippen LogP contribution < -0.4 is 0 Å². The Labute approximate surface area is 211 Å². The van der Waals surface area contributed by atoms with Crippen LogP contribution in [0, 0.1) is 45.3 Å². The van der Waals surface area contributed by atoms with E-state index in [1.54, 1.807) is 5.57 Å². The van der Waals surface area contributed by atoms with Crippen molar-refractivity contribution in [3.63, 3.8) is 0 Å². The van der Waals surface area contributed by atoms with Gasteiger partial charge in [0.2, 0.25) is 0 Å². The standard InChI is InChI=1S/C30H48O5/c1-26(2)13-11-21(35-26)24(25(33)34)20-10-16-29(5)19-7-8-22-27(3,18(19)9-15-30(20,29)6)14-12-23(32)28(22,4)17-31/h9,19-24,31-32H,7-8,10-17H2,1-6H3,(H,33,34). The van der Waals surface area contributed by atoms with Crippen LogP contribution in [0.5, 0.6) is 0 Å². The minimum absolute atomic E-state index is 0.00710. The van der Waals surface area contributed by atoms with Crippen molar-refractivity contribution in [3.8, 4) is 0 Å². The number of ether oxygens (including phenoxy) is 1. The Morgan fingerprint density at radius 3 is 2.31 bits per heavy atom. The Morgan fingerprint density at radius 2 is 1.71 bits per heavy atom. The number of rotatable bonds is 4. The summed E-state index contributed by atoms with van der Waals surface area (Å²) < 4.78 is 6.34. The van der Waals surface area contributed by atoms with Crippen molar-refractivity contribution in [1.29, 1.82) is 0 Å². The first-order valence-corrected chi connectivity index (χ1v) is 14.1. The minimum atomic E-state index is -0.686. The number of aliphatic carboxylic acids is 1. The molecule has 10 atom stereocenters. The molecule has 0 amide bonds. The molecule has 0 spiro atoms. The fraction of sp³-hybridized carbons (Fsp3) is 0.900. The van der Waals surface area contributed by atoms with E-state index in [9.17, 15) is 20.1 Å². The fourth-order valence-electron chi connectivity index (χ4n) is 10.2. The molecule has 1 aliphatic heterocycles. The van der Waals surface area contributed by atoms with Crippen molar-refractivity contribution in [2.45, 2.75) is 117 Å². The van der Waals surface area contributed by atoms with Gasteiger partial charge in [0.25, 0.3) is 0 Å². The lowest BCUT2D eigenvalue weighted by molar-refractivity contribution is -0.160. The van der Waals surface area contributed by atoms with Gasteiger partial charge in [-0.2, -0.15) is 0 Å². The van der Waals surface area contributed by atoms with E-state index in [0.29, 0.717) is 5.92 Å². The molecular formula is C30H48O5. The molecule has 3 saturated carbocycles. The molecule has 1 heterocycles. The molecule has 10 unspecified atom stereocenters. The molecule has 5 rings (SSSR count). The molecule has 4 aliphatic carbocycles. The highest BCUT2D eigenvalue weighted by atomic mass is 16.5. The molecule has 198 valence electrons. The Balaban J connectivity index is 1.50. The van der Waals surface area contributed by atoms with Gasteiger partial charge in [-0.25, -0.2) is 0 Å². The van der Waals surface area contributed by atoms with E-state index in [4.69, 9.17) is 4.74 Å². The lowest BCUT2D eigenvalue weighted by Gasteiger charge is -2.64. The molecule has 35 heavy (non-hydrogen) atoms. The number of allylic oxidation sites excluding steroid dienone is 2. The van der Waals surface area contributed by atoms with E-state index in [-0.39, 0.29) is 46.4 Å². The number of carboxylic acid groups (broad SMARTS) is 1. The Hall–Kier alpha value is -0.910. The summed E-state index contributed by atoms with van der Waals surface area (Å²) in [5.74, 6) is -0.303. The van der Waals surface area contributed by atoms with Crippen LogP contribution in [0.1, 0.15) is 99.3 Å². The Kier molecular flexibility index (Phi) is 5.91. The predicted octanol–water partition coefficient (Wildman–Crippen LogP) is 5.58. The number of carboxylic acids is 1. The quantitative estimate of drug-likeness (QED) is 0.450. The van der Waals surface area contributed by atoms with Crippen LogP contribution in [0.15, 0.2) is 11.6 Å². The molecule has 0 aromatic heterocycles. The third-order valence-electron chi connectivity index (χ3n) is 12.6. The smallest absolute Gasteiger partial charge is 0.309 e. The summed E-state index contributed by atoms with van der Waals surface area (Å²) in [4.78, 5) is 12.7. The van der Waals surface area contributed by atoms with E-state index in [2.05, 4.69) is 47.6 Å². The zero-order chi connectivity index (χ0) is 25.6. The van der Waals surface area contributed by atoms with Crippen molar-refractivity contribution in [2.24, 2.45) is 45.3 Å². The number of fused-ring (bicyclic) bond motifs is 5. The van der Waals surface area contributed by atoms with Gasteiger partial charge in [0.05, 0.1) is 30.3 Å². The molecule has 4 fully saturated rings. The van der Waals surface area contributed by atoms with E-state index in [1.165, 1.54) is 0 Å². The molecule has 0 radical (unpaired) electrons. The number of aliphatic hydroxyl groups excluding tert-OH is 2. The van der Waals surface area contributed by atoms with Gasteiger partial charge >= 0.3 is 5.97 Å². The molecule has 0 bridgehead atoms. The van der Waals surface area contributed by atoms with Crippen LogP contribution in [-0.2, 0) is 9.53 Å². The summed E-state index contributed by atoms with van der Waals surface area (Å²) in [5, 5.41) is 31.7. The van der Waals surface area contributed by atoms with Crippen molar-refractivity contribution in [3.05, 3.63) is 11.6 Å². The zero-order valence-corrected chi connectivity index (χ0v) is 22.8. The lowest BCUT2D eigenvalue weighted by Crippen LogP contribution is -2.59. The van der Waals surface area contributed by atoms with Crippen molar-refractivity contribution in [2.75, 3.05) is 6.61 Å². The summed E-state index contributed by atoms with van der Waals surface area (Å²) in [6, 6.07) is 0. The van der Waals surface area contributed by atoms with Gasteiger partial charge in [0.15, 0.2) is 0 Å². The lowest BCUT2D eigenvalue weighted by atomic mass is 9.41. The second kappa shape index (κ2) is 8.04. The largest absolute Gasteiger partial charge is 0.481 e. The molecule has 1 saturated heterocycles. The first-order chi connectivity index (χ1) is 16.2. The molecule has 5 heteroatoms. The maximum Gasteiger partial charge on any atom is 0.309 e. The minimum Gasteiger partial charge on any atom is -0.481 e. The second-order valence-electron chi connectivity index (χ2n) is 14.5. The van der Waals surface area contributed by atoms with Gasteiger partial charge < -0.3 is 20.1 Å². The van der Waals surface area contributed by atoms with E-state index in [0.717, 1.165) is 57.8 Å². The molecular weight excluding hydrogens is 440 g/mol. The summed E-state index contributed by atoms with van der Waals surface area (Å²) in [6.45, 7) is 13.5. The maximum atomic E-state index is 12.7. The van der Waals surface area contributed by atoms with Gasteiger partial charge in [0.1, 0.15) is 0 Å². The highest BCUT2D eigenvalue weighted by Crippen LogP contribution is 2.73. The highest BCUT2D eigenvalue weighted by molar-refractivity contribution is 5.71. The molecule has 5 aliphatic rings. The van der Waals surface area contributed by atoms with Gasteiger partial charge in [-0.15, -0.1) is 0 Å². The summed E-state index contributed by atoms with van der Waals surface area (Å²) in [6.07, 6.45) is 10.3. The fourth-order valence-corrected chi connectivity index (χ4v) is 10.2. The van der Waals surface area contributed by atoms with E-state index >= 15 is 0 Å². The number of aliphatic hydroxyl groups is 2. The Morgan fingerprint density at radius 1 is 1.00 bits per heavy atom. The van der Waals surface area contributed by atoms with E-state index < -0.39 is 23.4 Å². The van der Waals surface area contributed by atoms with Gasteiger partial charge in [-0.05, 0) is 106 Å². The SMILES string of the molecule is CC1(C)CCC(C(C(=O)O)C2CCC3(C)C4CCC5C(C)(CCC(O)C5(C)CO)C4=CCC23C)O1. The highest BCUT2D eigenvalue weighted by Gasteiger charge is 2.67. The zero-order valence-electron chi connectivity index (χ0n) is 22.8. The van der Waals surface area contributed by atoms with Crippen molar-refractivity contribution in [1.82, 2.24) is 0 Å². The van der Waals surface area contributed by atoms with Crippen LogP contribution in [0.25, 0.3) is 0 Å². The third kappa shape index (κ3) is 3.39. The van der Waals surface area contributed by atoms with Gasteiger partial charge in [-0.1, -0.05) is 39.3 Å². The topological polar surface area (TPSA) is 87.0 Å². The maximum absolute atomic E-state index is 12.7. The van der Waals surface area contributed by atoms with Crippen LogP contribution in [0.3, 0.4) is 0 Å². The van der Waals surface area contributed by atoms with E-state index in [1.807, 2.05) is 0 Å². The van der Waals surface area contributed by atoms with Gasteiger partial charge in [0, 0.05) is 5.41 Å². The van der Waals surface area contributed by atoms with Crippen LogP contribution in [0.2, 0.25) is 0 Å². The average Bonchev–Trinajstić information content (AvgIpc) is 3.28. The van der Waals surface area contributed by atoms with Crippen LogP contribution in [-0.4, -0.2) is 45.7 Å². The second-order valence-corrected chi connectivity index (χ2v) is 14.5. The van der Waals surface area contributed by atoms with Crippen LogP contribution >= 0.6 is 0 Å². The predicted molar refractivity (Wildman–Crippen MR) is 136 cm³/mol. The summed E-state index contributed by atoms with van der Waals surface area (Å²) in [5.41, 5.74) is 0.831. The average molecular weight is 489 g/mol.